The number of urea groups is 1. The summed E-state index contributed by atoms with van der Waals surface area (Å²) in [5.41, 5.74) is -0.345. The summed E-state index contributed by atoms with van der Waals surface area (Å²) in [5, 5.41) is 5.17. The molecule has 1 saturated heterocycles. The maximum Gasteiger partial charge on any atom is 0.321 e. The number of imide groups is 1. The molecule has 1 aliphatic heterocycles. The lowest BCUT2D eigenvalue weighted by Crippen LogP contribution is -2.55. The average molecular weight is 283 g/mol. The molecule has 1 fully saturated rings. The zero-order valence-corrected chi connectivity index (χ0v) is 13.6. The standard InChI is InChI=1S/C15H29N3O2/c1-10-7-11(2)9-18(8-10)12(3)13(19)16-14(20)17-15(4,5)6/h10-12H,7-9H2,1-6H3,(H2,16,17,19,20). The molecule has 1 heterocycles. The molecule has 5 heteroatoms. The first-order valence-corrected chi connectivity index (χ1v) is 7.45. The van der Waals surface area contributed by atoms with E-state index in [1.807, 2.05) is 27.7 Å². The summed E-state index contributed by atoms with van der Waals surface area (Å²) in [7, 11) is 0. The van der Waals surface area contributed by atoms with Crippen LogP contribution in [0.1, 0.15) is 48.0 Å². The third-order valence-corrected chi connectivity index (χ3v) is 3.55. The van der Waals surface area contributed by atoms with Crippen LogP contribution >= 0.6 is 0 Å². The Labute approximate surface area is 122 Å². The van der Waals surface area contributed by atoms with Crippen molar-refractivity contribution in [1.82, 2.24) is 15.5 Å². The summed E-state index contributed by atoms with van der Waals surface area (Å²) in [6.45, 7) is 13.8. The molecule has 3 amide bonds. The van der Waals surface area contributed by atoms with Gasteiger partial charge in [-0.2, -0.15) is 0 Å². The van der Waals surface area contributed by atoms with E-state index in [0.717, 1.165) is 13.1 Å². The van der Waals surface area contributed by atoms with Gasteiger partial charge in [0, 0.05) is 18.6 Å². The highest BCUT2D eigenvalue weighted by Crippen LogP contribution is 2.22. The highest BCUT2D eigenvalue weighted by atomic mass is 16.2. The van der Waals surface area contributed by atoms with Gasteiger partial charge in [0.15, 0.2) is 0 Å². The minimum Gasteiger partial charge on any atom is -0.333 e. The fourth-order valence-electron chi connectivity index (χ4n) is 2.78. The van der Waals surface area contributed by atoms with Crippen LogP contribution in [0.3, 0.4) is 0 Å². The number of amides is 3. The lowest BCUT2D eigenvalue weighted by molar-refractivity contribution is -0.125. The lowest BCUT2D eigenvalue weighted by Gasteiger charge is -2.38. The number of piperidine rings is 1. The number of hydrogen-bond acceptors (Lipinski definition) is 3. The van der Waals surface area contributed by atoms with Crippen molar-refractivity contribution < 1.29 is 9.59 Å². The van der Waals surface area contributed by atoms with Gasteiger partial charge in [0.2, 0.25) is 5.91 Å². The highest BCUT2D eigenvalue weighted by molar-refractivity contribution is 5.97. The minimum atomic E-state index is -0.424. The molecule has 0 aliphatic carbocycles. The van der Waals surface area contributed by atoms with Gasteiger partial charge in [-0.25, -0.2) is 4.79 Å². The molecule has 20 heavy (non-hydrogen) atoms. The van der Waals surface area contributed by atoms with Crippen molar-refractivity contribution in [3.63, 3.8) is 0 Å². The van der Waals surface area contributed by atoms with Crippen molar-refractivity contribution in [2.75, 3.05) is 13.1 Å². The third-order valence-electron chi connectivity index (χ3n) is 3.55. The van der Waals surface area contributed by atoms with Crippen LogP contribution in [0.25, 0.3) is 0 Å². The largest absolute Gasteiger partial charge is 0.333 e. The minimum absolute atomic E-state index is 0.229. The molecule has 0 aromatic carbocycles. The SMILES string of the molecule is CC1CC(C)CN(C(C)C(=O)NC(=O)NC(C)(C)C)C1. The van der Waals surface area contributed by atoms with Crippen LogP contribution in [0.15, 0.2) is 0 Å². The van der Waals surface area contributed by atoms with Crippen LogP contribution in [0, 0.1) is 11.8 Å². The molecule has 5 nitrogen and oxygen atoms in total. The van der Waals surface area contributed by atoms with Gasteiger partial charge in [-0.15, -0.1) is 0 Å². The molecule has 1 aliphatic rings. The van der Waals surface area contributed by atoms with Gasteiger partial charge in [0.1, 0.15) is 0 Å². The first-order chi connectivity index (χ1) is 9.08. The van der Waals surface area contributed by atoms with Crippen molar-refractivity contribution in [3.8, 4) is 0 Å². The van der Waals surface area contributed by atoms with E-state index < -0.39 is 6.03 Å². The maximum atomic E-state index is 12.1. The van der Waals surface area contributed by atoms with Gasteiger partial charge < -0.3 is 5.32 Å². The molecule has 0 radical (unpaired) electrons. The Morgan fingerprint density at radius 3 is 2.10 bits per heavy atom. The lowest BCUT2D eigenvalue weighted by atomic mass is 9.91. The van der Waals surface area contributed by atoms with E-state index in [1.54, 1.807) is 0 Å². The monoisotopic (exact) mass is 283 g/mol. The molecule has 0 aromatic heterocycles. The third kappa shape index (κ3) is 5.49. The number of likely N-dealkylation sites (tertiary alicyclic amines) is 1. The van der Waals surface area contributed by atoms with E-state index in [4.69, 9.17) is 0 Å². The van der Waals surface area contributed by atoms with Gasteiger partial charge >= 0.3 is 6.03 Å². The predicted molar refractivity (Wildman–Crippen MR) is 80.4 cm³/mol. The number of rotatable bonds is 2. The summed E-state index contributed by atoms with van der Waals surface area (Å²) < 4.78 is 0. The number of hydrogen-bond donors (Lipinski definition) is 2. The molecular formula is C15H29N3O2. The second-order valence-electron chi connectivity index (χ2n) is 7.27. The number of nitrogens with one attached hydrogen (secondary N) is 2. The average Bonchev–Trinajstić information content (AvgIpc) is 2.23. The molecule has 0 saturated carbocycles. The van der Waals surface area contributed by atoms with Gasteiger partial charge in [-0.05, 0) is 46.0 Å². The fraction of sp³-hybridized carbons (Fsp3) is 0.867. The van der Waals surface area contributed by atoms with Crippen molar-refractivity contribution >= 4 is 11.9 Å². The van der Waals surface area contributed by atoms with Gasteiger partial charge in [-0.1, -0.05) is 13.8 Å². The van der Waals surface area contributed by atoms with E-state index in [1.165, 1.54) is 6.42 Å². The molecular weight excluding hydrogens is 254 g/mol. The van der Waals surface area contributed by atoms with E-state index in [2.05, 4.69) is 29.4 Å². The molecule has 3 unspecified atom stereocenters. The van der Waals surface area contributed by atoms with E-state index in [9.17, 15) is 9.59 Å². The van der Waals surface area contributed by atoms with Crippen LogP contribution in [-0.2, 0) is 4.79 Å². The van der Waals surface area contributed by atoms with Crippen molar-refractivity contribution in [2.45, 2.75) is 59.5 Å². The Hall–Kier alpha value is -1.10. The first kappa shape index (κ1) is 17.0. The van der Waals surface area contributed by atoms with Crippen LogP contribution in [0.5, 0.6) is 0 Å². The maximum absolute atomic E-state index is 12.1. The Morgan fingerprint density at radius 2 is 1.65 bits per heavy atom. The molecule has 3 atom stereocenters. The second-order valence-corrected chi connectivity index (χ2v) is 7.27. The smallest absolute Gasteiger partial charge is 0.321 e. The quantitative estimate of drug-likeness (QED) is 0.814. The summed E-state index contributed by atoms with van der Waals surface area (Å²) in [5.74, 6) is 0.961. The Morgan fingerprint density at radius 1 is 1.15 bits per heavy atom. The van der Waals surface area contributed by atoms with Gasteiger partial charge in [0.25, 0.3) is 0 Å². The van der Waals surface area contributed by atoms with E-state index in [0.29, 0.717) is 11.8 Å². The van der Waals surface area contributed by atoms with Crippen LogP contribution in [0.2, 0.25) is 0 Å². The molecule has 0 bridgehead atoms. The van der Waals surface area contributed by atoms with Crippen LogP contribution < -0.4 is 10.6 Å². The van der Waals surface area contributed by atoms with Crippen molar-refractivity contribution in [3.05, 3.63) is 0 Å². The van der Waals surface area contributed by atoms with Crippen molar-refractivity contribution in [1.29, 1.82) is 0 Å². The molecule has 1 rings (SSSR count). The predicted octanol–water partition coefficient (Wildman–Crippen LogP) is 1.98. The summed E-state index contributed by atoms with van der Waals surface area (Å²) >= 11 is 0. The molecule has 0 spiro atoms. The van der Waals surface area contributed by atoms with Crippen molar-refractivity contribution in [2.24, 2.45) is 11.8 Å². The number of carbonyl (C=O) groups excluding carboxylic acids is 2. The van der Waals surface area contributed by atoms with E-state index >= 15 is 0 Å². The topological polar surface area (TPSA) is 61.4 Å². The number of carbonyl (C=O) groups is 2. The van der Waals surface area contributed by atoms with Gasteiger partial charge in [0.05, 0.1) is 6.04 Å². The molecule has 0 aromatic rings. The Balaban J connectivity index is 2.52. The highest BCUT2D eigenvalue weighted by Gasteiger charge is 2.29. The zero-order chi connectivity index (χ0) is 15.5. The normalized spacial score (nSPS) is 25.9. The van der Waals surface area contributed by atoms with Crippen LogP contribution in [0.4, 0.5) is 4.79 Å². The van der Waals surface area contributed by atoms with Gasteiger partial charge in [-0.3, -0.25) is 15.0 Å². The first-order valence-electron chi connectivity index (χ1n) is 7.45. The Bertz CT molecular complexity index is 353. The molecule has 116 valence electrons. The fourth-order valence-corrected chi connectivity index (χ4v) is 2.78. The summed E-state index contributed by atoms with van der Waals surface area (Å²) in [4.78, 5) is 26.0. The second kappa shape index (κ2) is 6.57. The Kier molecular flexibility index (Phi) is 5.57. The van der Waals surface area contributed by atoms with Crippen LogP contribution in [-0.4, -0.2) is 41.5 Å². The van der Waals surface area contributed by atoms with E-state index in [-0.39, 0.29) is 17.5 Å². The summed E-state index contributed by atoms with van der Waals surface area (Å²) in [6, 6.07) is -0.696. The molecule has 2 N–H and O–H groups in total. The summed E-state index contributed by atoms with van der Waals surface area (Å²) in [6.07, 6.45) is 1.20. The zero-order valence-electron chi connectivity index (χ0n) is 13.6. The number of nitrogens with zero attached hydrogens (tertiary/aromatic N) is 1.